The number of phenols is 1. The van der Waals surface area contributed by atoms with Crippen molar-refractivity contribution in [2.75, 3.05) is 26.6 Å². The summed E-state index contributed by atoms with van der Waals surface area (Å²) in [6.45, 7) is 3.85. The number of fused-ring (bicyclic) bond motifs is 2. The number of H-pyrrole nitrogens is 1. The molecule has 1 aliphatic rings. The molecule has 1 unspecified atom stereocenters. The highest BCUT2D eigenvalue weighted by Gasteiger charge is 2.29. The maximum atomic E-state index is 13.2. The second-order valence-corrected chi connectivity index (χ2v) is 17.8. The maximum Gasteiger partial charge on any atom is 0.354 e. The van der Waals surface area contributed by atoms with Crippen LogP contribution in [-0.2, 0) is 74.5 Å². The molecule has 6 aromatic rings. The van der Waals surface area contributed by atoms with E-state index in [2.05, 4.69) is 21.9 Å². The number of carbonyl (C=O) groups is 1. The zero-order valence-electron chi connectivity index (χ0n) is 33.3. The van der Waals surface area contributed by atoms with Crippen molar-refractivity contribution in [3.8, 4) is 16.9 Å². The second kappa shape index (κ2) is 17.9. The number of rotatable bonds is 16. The number of aryl methyl sites for hydroxylation is 3. The Morgan fingerprint density at radius 2 is 1.91 bits per heavy atom. The van der Waals surface area contributed by atoms with E-state index in [1.807, 2.05) is 56.4 Å². The number of nitrogens with zero attached hydrogens (tertiary/aromatic N) is 4. The Bertz CT molecular complexity index is 2580. The molecule has 1 aliphatic heterocycles. The van der Waals surface area contributed by atoms with Gasteiger partial charge in [-0.1, -0.05) is 41.9 Å². The Labute approximate surface area is 347 Å². The zero-order chi connectivity index (χ0) is 41.1. The monoisotopic (exact) mass is 850 g/mol. The fraction of sp³-hybridized carbons (Fsp3) is 0.405. The van der Waals surface area contributed by atoms with Gasteiger partial charge in [-0.2, -0.15) is 18.6 Å². The summed E-state index contributed by atoms with van der Waals surface area (Å²) < 4.78 is 51.7. The van der Waals surface area contributed by atoms with Crippen LogP contribution in [0.25, 0.3) is 32.8 Å². The van der Waals surface area contributed by atoms with Crippen LogP contribution < -0.4 is 4.68 Å². The fourth-order valence-electron chi connectivity index (χ4n) is 7.84. The van der Waals surface area contributed by atoms with E-state index in [9.17, 15) is 18.3 Å². The number of thioether (sulfide) groups is 1. The zero-order valence-corrected chi connectivity index (χ0v) is 35.7. The molecule has 4 heterocycles. The Hall–Kier alpha value is -4.38. The number of methoxy groups -OCH3 is 1. The molecule has 0 spiro atoms. The summed E-state index contributed by atoms with van der Waals surface area (Å²) in [5, 5.41) is 22.2. The second-order valence-electron chi connectivity index (χ2n) is 14.7. The van der Waals surface area contributed by atoms with Gasteiger partial charge in [0.25, 0.3) is 10.1 Å². The Kier molecular flexibility index (Phi) is 12.9. The molecule has 3 aromatic carbocycles. The van der Waals surface area contributed by atoms with Crippen molar-refractivity contribution in [3.05, 3.63) is 93.7 Å². The van der Waals surface area contributed by atoms with Gasteiger partial charge in [0.15, 0.2) is 6.54 Å². The van der Waals surface area contributed by atoms with Crippen LogP contribution in [0.2, 0.25) is 5.02 Å². The molecule has 1 fully saturated rings. The summed E-state index contributed by atoms with van der Waals surface area (Å²) in [6.07, 6.45) is 5.02. The van der Waals surface area contributed by atoms with Crippen LogP contribution in [-0.4, -0.2) is 71.6 Å². The van der Waals surface area contributed by atoms with E-state index in [0.29, 0.717) is 59.3 Å². The number of nitrogens with one attached hydrogen (secondary N) is 1. The number of aromatic amines is 1. The molecule has 13 nitrogen and oxygen atoms in total. The average Bonchev–Trinajstić information content (AvgIpc) is 3.81. The van der Waals surface area contributed by atoms with Crippen molar-refractivity contribution < 1.29 is 41.4 Å². The summed E-state index contributed by atoms with van der Waals surface area (Å²) in [4.78, 5) is 14.2. The number of phenolic OH excluding ortho intramolecular Hbond substituents is 1. The third-order valence-corrected chi connectivity index (χ3v) is 12.6. The molecule has 16 heteroatoms. The van der Waals surface area contributed by atoms with Gasteiger partial charge >= 0.3 is 5.97 Å². The molecule has 2 N–H and O–H groups in total. The summed E-state index contributed by atoms with van der Waals surface area (Å²) in [6, 6.07) is 17.5. The van der Waals surface area contributed by atoms with Gasteiger partial charge in [0, 0.05) is 65.0 Å². The van der Waals surface area contributed by atoms with E-state index in [-0.39, 0.29) is 25.1 Å². The van der Waals surface area contributed by atoms with Crippen LogP contribution in [0.3, 0.4) is 0 Å². The molecule has 0 radical (unpaired) electrons. The van der Waals surface area contributed by atoms with Crippen molar-refractivity contribution in [2.24, 2.45) is 14.1 Å². The van der Waals surface area contributed by atoms with E-state index in [1.54, 1.807) is 28.1 Å². The van der Waals surface area contributed by atoms with Crippen LogP contribution in [0.4, 0.5) is 0 Å². The minimum Gasteiger partial charge on any atom is -0.507 e. The Balaban J connectivity index is 1.16. The summed E-state index contributed by atoms with van der Waals surface area (Å²) >= 11 is 8.69. The van der Waals surface area contributed by atoms with Crippen LogP contribution >= 0.6 is 23.4 Å². The lowest BCUT2D eigenvalue weighted by Crippen LogP contribution is -2.46. The number of esters is 1. The third-order valence-electron chi connectivity index (χ3n) is 10.6. The van der Waals surface area contributed by atoms with Crippen molar-refractivity contribution in [1.82, 2.24) is 19.4 Å². The predicted octanol–water partition coefficient (Wildman–Crippen LogP) is 7.29. The van der Waals surface area contributed by atoms with Gasteiger partial charge in [0.1, 0.15) is 24.2 Å². The van der Waals surface area contributed by atoms with Gasteiger partial charge in [-0.25, -0.2) is 4.79 Å². The molecule has 0 saturated carbocycles. The normalized spacial score (nSPS) is 14.8. The molecule has 308 valence electrons. The summed E-state index contributed by atoms with van der Waals surface area (Å²) in [7, 11) is 1.39. The first kappa shape index (κ1) is 41.8. The van der Waals surface area contributed by atoms with Gasteiger partial charge in [-0.15, -0.1) is 16.4 Å². The average molecular weight is 851 g/mol. The molecular weight excluding hydrogens is 802 g/mol. The Morgan fingerprint density at radius 3 is 2.67 bits per heavy atom. The summed E-state index contributed by atoms with van der Waals surface area (Å²) in [5.41, 5.74) is 6.83. The van der Waals surface area contributed by atoms with E-state index < -0.39 is 16.1 Å². The van der Waals surface area contributed by atoms with Gasteiger partial charge in [-0.05, 0) is 68.2 Å². The quantitative estimate of drug-likeness (QED) is 0.0334. The molecule has 3 aromatic heterocycles. The highest BCUT2D eigenvalue weighted by molar-refractivity contribution is 7.98. The molecule has 0 bridgehead atoms. The molecular formula is C42H49ClN5O8S2+. The number of ether oxygens (including phenoxy) is 3. The fourth-order valence-corrected chi connectivity index (χ4v) is 9.38. The Morgan fingerprint density at radius 1 is 1.10 bits per heavy atom. The van der Waals surface area contributed by atoms with E-state index in [4.69, 9.17) is 35.1 Å². The predicted molar refractivity (Wildman–Crippen MR) is 224 cm³/mol. The van der Waals surface area contributed by atoms with Crippen LogP contribution in [0, 0.1) is 6.92 Å². The maximum absolute atomic E-state index is 13.2. The van der Waals surface area contributed by atoms with Crippen molar-refractivity contribution in [1.29, 1.82) is 0 Å². The standard InChI is InChI=1S/C42H48ClN5O8S2/c1-26-38(39-35(43)16-15-34-33(14-10-18-56-58(5,51)52)41(42(50)53-4)46(2)40(34)39)36(45-47(26)3)24-54-23-29-20-28(44-48(29)22-30-12-8-9-17-55-30)25-57-31-19-27-11-6-7-13-32(27)37(49)21-31/h6-7,11,13,15-16,19-21,30,49H,8-10,12,14,17-18,22-25H2,1-5H3/p+1. The molecule has 58 heavy (non-hydrogen) atoms. The van der Waals surface area contributed by atoms with Crippen LogP contribution in [0.1, 0.15) is 64.5 Å². The lowest BCUT2D eigenvalue weighted by Gasteiger charge is -2.19. The number of benzene rings is 3. The van der Waals surface area contributed by atoms with Gasteiger partial charge in [0.05, 0.1) is 48.5 Å². The topological polar surface area (TPSA) is 151 Å². The summed E-state index contributed by atoms with van der Waals surface area (Å²) in [5.74, 6) is 0.408. The smallest absolute Gasteiger partial charge is 0.354 e. The number of aromatic nitrogens is 5. The molecule has 0 aliphatic carbocycles. The molecule has 1 saturated heterocycles. The number of hydrogen-bond acceptors (Lipinski definition) is 10. The first-order chi connectivity index (χ1) is 27.8. The highest BCUT2D eigenvalue weighted by Crippen LogP contribution is 2.42. The number of hydrogen-bond donors (Lipinski definition) is 2. The third kappa shape index (κ3) is 9.09. The van der Waals surface area contributed by atoms with Crippen molar-refractivity contribution >= 4 is 61.1 Å². The van der Waals surface area contributed by atoms with Crippen LogP contribution in [0.15, 0.2) is 59.5 Å². The molecule has 0 amide bonds. The van der Waals surface area contributed by atoms with Crippen molar-refractivity contribution in [3.63, 3.8) is 0 Å². The van der Waals surface area contributed by atoms with E-state index >= 15 is 0 Å². The minimum atomic E-state index is -3.61. The molecule has 7 rings (SSSR count). The molecule has 1 atom stereocenters. The van der Waals surface area contributed by atoms with Gasteiger partial charge < -0.3 is 23.9 Å². The number of aromatic hydroxyl groups is 1. The largest absolute Gasteiger partial charge is 0.507 e. The lowest BCUT2D eigenvalue weighted by atomic mass is 9.98. The van der Waals surface area contributed by atoms with Gasteiger partial charge in [0.2, 0.25) is 5.69 Å². The highest BCUT2D eigenvalue weighted by atomic mass is 35.5. The van der Waals surface area contributed by atoms with Crippen LogP contribution in [0.5, 0.6) is 5.75 Å². The lowest BCUT2D eigenvalue weighted by molar-refractivity contribution is -0.764. The van der Waals surface area contributed by atoms with E-state index in [1.165, 1.54) is 7.11 Å². The first-order valence-corrected chi connectivity index (χ1v) is 22.4. The van der Waals surface area contributed by atoms with Crippen molar-refractivity contribution in [2.45, 2.75) is 75.5 Å². The first-order valence-electron chi connectivity index (χ1n) is 19.2. The van der Waals surface area contributed by atoms with Gasteiger partial charge in [-0.3, -0.25) is 8.86 Å². The number of halogens is 1. The van der Waals surface area contributed by atoms with E-state index in [0.717, 1.165) is 81.3 Å². The number of carbonyl (C=O) groups excluding carboxylic acids is 1. The SMILES string of the molecule is COC(=O)c1c(CCCOS(C)(=O)=O)c2ccc(Cl)c(-c3c(COCc4cc(CSc5cc(O)c6ccccc6c5)[nH][n+]4CC4CCCCO4)nn(C)c3C)c2n1C. The minimum absolute atomic E-state index is 0.0242.